The fraction of sp³-hybridized carbons (Fsp3) is 0.909. The summed E-state index contributed by atoms with van der Waals surface area (Å²) in [5.74, 6) is -0.968. The molecular formula is C11H21BN2O2. The van der Waals surface area contributed by atoms with E-state index in [1.54, 1.807) is 0 Å². The number of aliphatic carboxylic acids is 1. The highest BCUT2D eigenvalue weighted by atomic mass is 16.4. The first-order valence-electron chi connectivity index (χ1n) is 5.67. The van der Waals surface area contributed by atoms with Crippen LogP contribution in [0.1, 0.15) is 46.0 Å². The van der Waals surface area contributed by atoms with Crippen molar-refractivity contribution in [1.82, 2.24) is 0 Å². The SMILES string of the molecule is [B]C1(C)CC(C)(N)CCCC(N)(C(=O)O)C1. The van der Waals surface area contributed by atoms with E-state index in [1.165, 1.54) is 0 Å². The third-order valence-corrected chi connectivity index (χ3v) is 3.32. The Balaban J connectivity index is 2.90. The molecule has 5 heteroatoms. The van der Waals surface area contributed by atoms with Crippen molar-refractivity contribution in [2.24, 2.45) is 11.5 Å². The lowest BCUT2D eigenvalue weighted by atomic mass is 9.56. The molecule has 1 fully saturated rings. The number of carbonyl (C=O) groups is 1. The summed E-state index contributed by atoms with van der Waals surface area (Å²) in [4.78, 5) is 11.2. The van der Waals surface area contributed by atoms with Gasteiger partial charge >= 0.3 is 5.97 Å². The average Bonchev–Trinajstić information content (AvgIpc) is 1.97. The Labute approximate surface area is 98.2 Å². The van der Waals surface area contributed by atoms with Gasteiger partial charge in [0, 0.05) is 5.54 Å². The number of carboxylic acids is 1. The standard InChI is InChI=1S/C11H21BN2O2/c1-9(12)6-10(2,13)4-3-5-11(14,7-9)8(15)16/h3-7,13-14H2,1-2H3,(H,15,16). The van der Waals surface area contributed by atoms with Crippen LogP contribution in [-0.2, 0) is 4.79 Å². The van der Waals surface area contributed by atoms with Gasteiger partial charge < -0.3 is 16.6 Å². The summed E-state index contributed by atoms with van der Waals surface area (Å²) < 4.78 is 0. The summed E-state index contributed by atoms with van der Waals surface area (Å²) >= 11 is 0. The number of hydrogen-bond donors (Lipinski definition) is 3. The van der Waals surface area contributed by atoms with Crippen molar-refractivity contribution in [1.29, 1.82) is 0 Å². The molecule has 4 nitrogen and oxygen atoms in total. The zero-order valence-electron chi connectivity index (χ0n) is 10.1. The molecule has 0 heterocycles. The van der Waals surface area contributed by atoms with Crippen LogP contribution in [0.25, 0.3) is 0 Å². The van der Waals surface area contributed by atoms with E-state index in [2.05, 4.69) is 0 Å². The van der Waals surface area contributed by atoms with Crippen molar-refractivity contribution in [3.8, 4) is 0 Å². The second kappa shape index (κ2) is 4.04. The third kappa shape index (κ3) is 3.22. The van der Waals surface area contributed by atoms with Crippen LogP contribution in [0.15, 0.2) is 0 Å². The predicted molar refractivity (Wildman–Crippen MR) is 64.4 cm³/mol. The molecule has 0 spiro atoms. The van der Waals surface area contributed by atoms with Gasteiger partial charge in [-0.15, -0.1) is 0 Å². The lowest BCUT2D eigenvalue weighted by Crippen LogP contribution is -2.53. The van der Waals surface area contributed by atoms with Crippen LogP contribution in [0.4, 0.5) is 0 Å². The van der Waals surface area contributed by atoms with E-state index in [9.17, 15) is 4.79 Å². The van der Waals surface area contributed by atoms with Crippen molar-refractivity contribution in [2.45, 2.75) is 62.3 Å². The quantitative estimate of drug-likeness (QED) is 0.574. The van der Waals surface area contributed by atoms with Crippen molar-refractivity contribution in [3.05, 3.63) is 0 Å². The molecule has 1 rings (SSSR count). The molecule has 1 aliphatic rings. The molecule has 3 atom stereocenters. The molecule has 2 radical (unpaired) electrons. The van der Waals surface area contributed by atoms with Crippen LogP contribution in [0.3, 0.4) is 0 Å². The van der Waals surface area contributed by atoms with E-state index in [-0.39, 0.29) is 12.0 Å². The minimum atomic E-state index is -1.21. The first kappa shape index (κ1) is 13.5. The molecule has 0 amide bonds. The third-order valence-electron chi connectivity index (χ3n) is 3.32. The van der Waals surface area contributed by atoms with E-state index in [0.717, 1.165) is 12.8 Å². The minimum Gasteiger partial charge on any atom is -0.480 e. The normalized spacial score (nSPS) is 45.8. The predicted octanol–water partition coefficient (Wildman–Crippen LogP) is 0.797. The van der Waals surface area contributed by atoms with Crippen LogP contribution in [-0.4, -0.2) is 30.0 Å². The Kier molecular flexibility index (Phi) is 3.41. The van der Waals surface area contributed by atoms with Gasteiger partial charge in [0.05, 0.1) is 7.85 Å². The Morgan fingerprint density at radius 2 is 1.81 bits per heavy atom. The summed E-state index contributed by atoms with van der Waals surface area (Å²) in [6.45, 7) is 3.79. The summed E-state index contributed by atoms with van der Waals surface area (Å²) in [6, 6.07) is 0. The van der Waals surface area contributed by atoms with Crippen LogP contribution >= 0.6 is 0 Å². The molecule has 16 heavy (non-hydrogen) atoms. The van der Waals surface area contributed by atoms with Gasteiger partial charge in [-0.3, -0.25) is 4.79 Å². The second-order valence-corrected chi connectivity index (χ2v) is 5.98. The molecule has 0 saturated heterocycles. The molecule has 3 unspecified atom stereocenters. The lowest BCUT2D eigenvalue weighted by Gasteiger charge is -2.43. The number of hydrogen-bond acceptors (Lipinski definition) is 3. The summed E-state index contributed by atoms with van der Waals surface area (Å²) in [5.41, 5.74) is 10.5. The maximum Gasteiger partial charge on any atom is 0.323 e. The fourth-order valence-corrected chi connectivity index (χ4v) is 2.87. The zero-order chi connectivity index (χ0) is 12.6. The molecule has 1 aliphatic carbocycles. The number of nitrogens with two attached hydrogens (primary N) is 2. The van der Waals surface area contributed by atoms with Crippen molar-refractivity contribution >= 4 is 13.8 Å². The highest BCUT2D eigenvalue weighted by Gasteiger charge is 2.43. The topological polar surface area (TPSA) is 89.3 Å². The molecule has 5 N–H and O–H groups in total. The minimum absolute atomic E-state index is 0.266. The van der Waals surface area contributed by atoms with E-state index in [0.29, 0.717) is 12.8 Å². The Morgan fingerprint density at radius 1 is 1.25 bits per heavy atom. The van der Waals surface area contributed by atoms with Crippen molar-refractivity contribution < 1.29 is 9.90 Å². The monoisotopic (exact) mass is 224 g/mol. The summed E-state index contributed by atoms with van der Waals surface area (Å²) in [5, 5.41) is 8.54. The van der Waals surface area contributed by atoms with E-state index in [1.807, 2.05) is 13.8 Å². The highest BCUT2D eigenvalue weighted by Crippen LogP contribution is 2.43. The first-order chi connectivity index (χ1) is 7.06. The van der Waals surface area contributed by atoms with E-state index >= 15 is 0 Å². The van der Waals surface area contributed by atoms with Crippen LogP contribution in [0, 0.1) is 0 Å². The van der Waals surface area contributed by atoms with Gasteiger partial charge in [-0.05, 0) is 39.0 Å². The first-order valence-corrected chi connectivity index (χ1v) is 5.67. The van der Waals surface area contributed by atoms with Gasteiger partial charge in [0.15, 0.2) is 0 Å². The molecule has 0 aromatic carbocycles. The van der Waals surface area contributed by atoms with Gasteiger partial charge in [0.25, 0.3) is 0 Å². The highest BCUT2D eigenvalue weighted by molar-refractivity contribution is 6.15. The molecule has 0 aliphatic heterocycles. The lowest BCUT2D eigenvalue weighted by molar-refractivity contribution is -0.144. The van der Waals surface area contributed by atoms with Crippen LogP contribution < -0.4 is 11.5 Å². The number of rotatable bonds is 1. The summed E-state index contributed by atoms with van der Waals surface area (Å²) in [7, 11) is 6.11. The molecule has 0 bridgehead atoms. The Morgan fingerprint density at radius 3 is 2.31 bits per heavy atom. The Hall–Kier alpha value is -0.545. The number of carboxylic acid groups (broad SMARTS) is 1. The Bertz CT molecular complexity index is 292. The van der Waals surface area contributed by atoms with Crippen molar-refractivity contribution in [2.75, 3.05) is 0 Å². The molecule has 0 aromatic heterocycles. The van der Waals surface area contributed by atoms with E-state index < -0.39 is 16.8 Å². The largest absolute Gasteiger partial charge is 0.480 e. The van der Waals surface area contributed by atoms with Gasteiger partial charge in [-0.25, -0.2) is 0 Å². The van der Waals surface area contributed by atoms with Gasteiger partial charge in [0.2, 0.25) is 0 Å². The van der Waals surface area contributed by atoms with Gasteiger partial charge in [-0.2, -0.15) is 0 Å². The second-order valence-electron chi connectivity index (χ2n) is 5.98. The summed E-state index contributed by atoms with van der Waals surface area (Å²) in [6.07, 6.45) is 2.77. The fourth-order valence-electron chi connectivity index (χ4n) is 2.87. The van der Waals surface area contributed by atoms with E-state index in [4.69, 9.17) is 24.4 Å². The van der Waals surface area contributed by atoms with Crippen LogP contribution in [0.5, 0.6) is 0 Å². The molecular weight excluding hydrogens is 203 g/mol. The smallest absolute Gasteiger partial charge is 0.323 e. The average molecular weight is 224 g/mol. The molecule has 0 aromatic rings. The molecule has 90 valence electrons. The maximum absolute atomic E-state index is 11.2. The van der Waals surface area contributed by atoms with Crippen LogP contribution in [0.2, 0.25) is 5.31 Å². The van der Waals surface area contributed by atoms with Crippen molar-refractivity contribution in [3.63, 3.8) is 0 Å². The van der Waals surface area contributed by atoms with Gasteiger partial charge in [-0.1, -0.05) is 12.2 Å². The molecule has 1 saturated carbocycles. The maximum atomic E-state index is 11.2. The zero-order valence-corrected chi connectivity index (χ0v) is 10.1. The van der Waals surface area contributed by atoms with Gasteiger partial charge in [0.1, 0.15) is 5.54 Å².